The summed E-state index contributed by atoms with van der Waals surface area (Å²) in [4.78, 5) is 5.61. The van der Waals surface area contributed by atoms with Gasteiger partial charge < -0.3 is 5.73 Å². The van der Waals surface area contributed by atoms with Crippen molar-refractivity contribution >= 4 is 0 Å². The van der Waals surface area contributed by atoms with E-state index >= 15 is 0 Å². The van der Waals surface area contributed by atoms with Crippen LogP contribution in [0.5, 0.6) is 0 Å². The highest BCUT2D eigenvalue weighted by Gasteiger charge is 2.52. The number of hydrogen-bond acceptors (Lipinski definition) is 3. The van der Waals surface area contributed by atoms with Crippen LogP contribution in [0.1, 0.15) is 44.9 Å². The van der Waals surface area contributed by atoms with Crippen LogP contribution in [0.4, 0.5) is 0 Å². The third kappa shape index (κ3) is 2.24. The molecule has 108 valence electrons. The van der Waals surface area contributed by atoms with Gasteiger partial charge in [0.25, 0.3) is 0 Å². The molecule has 0 aromatic carbocycles. The van der Waals surface area contributed by atoms with Crippen LogP contribution in [-0.2, 0) is 0 Å². The summed E-state index contributed by atoms with van der Waals surface area (Å²) in [5.41, 5.74) is 6.68. The normalized spacial score (nSPS) is 39.2. The van der Waals surface area contributed by atoms with Gasteiger partial charge in [-0.2, -0.15) is 0 Å². The first kappa shape index (κ1) is 12.6. The van der Waals surface area contributed by atoms with E-state index in [2.05, 4.69) is 9.80 Å². The lowest BCUT2D eigenvalue weighted by Gasteiger charge is -2.45. The minimum Gasteiger partial charge on any atom is -0.329 e. The van der Waals surface area contributed by atoms with Crippen molar-refractivity contribution in [3.63, 3.8) is 0 Å². The maximum atomic E-state index is 6.35. The summed E-state index contributed by atoms with van der Waals surface area (Å²) < 4.78 is 0. The van der Waals surface area contributed by atoms with Crippen LogP contribution >= 0.6 is 0 Å². The molecule has 2 saturated carbocycles. The zero-order chi connectivity index (χ0) is 12.9. The summed E-state index contributed by atoms with van der Waals surface area (Å²) in [5.74, 6) is 2.00. The summed E-state index contributed by atoms with van der Waals surface area (Å²) in [6.45, 7) is 6.20. The Morgan fingerprint density at radius 2 is 1.68 bits per heavy atom. The van der Waals surface area contributed by atoms with Gasteiger partial charge in [0.05, 0.1) is 0 Å². The van der Waals surface area contributed by atoms with Crippen LogP contribution in [0.25, 0.3) is 0 Å². The lowest BCUT2D eigenvalue weighted by molar-refractivity contribution is 0.0559. The van der Waals surface area contributed by atoms with E-state index < -0.39 is 0 Å². The predicted molar refractivity (Wildman–Crippen MR) is 78.0 cm³/mol. The van der Waals surface area contributed by atoms with Crippen molar-refractivity contribution < 1.29 is 0 Å². The molecular formula is C16H29N3. The predicted octanol–water partition coefficient (Wildman–Crippen LogP) is 1.67. The van der Waals surface area contributed by atoms with Crippen molar-refractivity contribution in [1.29, 1.82) is 0 Å². The smallest absolute Gasteiger partial charge is 0.0499 e. The summed E-state index contributed by atoms with van der Waals surface area (Å²) in [6, 6.07) is 0.773. The first-order chi connectivity index (χ1) is 9.32. The number of hydrogen-bond donors (Lipinski definition) is 1. The molecule has 3 heteroatoms. The minimum absolute atomic E-state index is 0.335. The molecule has 19 heavy (non-hydrogen) atoms. The van der Waals surface area contributed by atoms with Gasteiger partial charge in [0.1, 0.15) is 0 Å². The molecule has 0 amide bonds. The summed E-state index contributed by atoms with van der Waals surface area (Å²) >= 11 is 0. The van der Waals surface area contributed by atoms with Crippen LogP contribution in [0.3, 0.4) is 0 Å². The lowest BCUT2D eigenvalue weighted by atomic mass is 9.86. The second-order valence-corrected chi connectivity index (χ2v) is 7.54. The molecule has 0 spiro atoms. The quantitative estimate of drug-likeness (QED) is 0.791. The Kier molecular flexibility index (Phi) is 3.13. The Hall–Kier alpha value is -0.120. The highest BCUT2D eigenvalue weighted by atomic mass is 15.3. The monoisotopic (exact) mass is 263 g/mol. The van der Waals surface area contributed by atoms with Gasteiger partial charge >= 0.3 is 0 Å². The molecule has 0 aromatic heterocycles. The Balaban J connectivity index is 1.55. The van der Waals surface area contributed by atoms with E-state index in [4.69, 9.17) is 5.73 Å². The van der Waals surface area contributed by atoms with Gasteiger partial charge in [-0.1, -0.05) is 0 Å². The molecule has 0 radical (unpaired) electrons. The van der Waals surface area contributed by atoms with Gasteiger partial charge in [-0.15, -0.1) is 0 Å². The first-order valence-electron chi connectivity index (χ1n) is 8.51. The highest BCUT2D eigenvalue weighted by molar-refractivity contribution is 5.11. The summed E-state index contributed by atoms with van der Waals surface area (Å²) in [6.07, 6.45) is 9.99. The number of fused-ring (bicyclic) bond motifs is 1. The van der Waals surface area contributed by atoms with E-state index in [9.17, 15) is 0 Å². The summed E-state index contributed by atoms with van der Waals surface area (Å²) in [7, 11) is 0. The van der Waals surface area contributed by atoms with E-state index in [-0.39, 0.29) is 0 Å². The molecule has 2 N–H and O–H groups in total. The van der Waals surface area contributed by atoms with Crippen molar-refractivity contribution in [2.75, 3.05) is 32.7 Å². The van der Waals surface area contributed by atoms with E-state index in [0.29, 0.717) is 5.54 Å². The SMILES string of the molecule is NCC1(N(CC2CC2)CC2CC2)CCN2CCCC21. The largest absolute Gasteiger partial charge is 0.329 e. The average Bonchev–Trinajstić information content (AvgIpc) is 3.31. The molecule has 2 aliphatic carbocycles. The van der Waals surface area contributed by atoms with Crippen LogP contribution < -0.4 is 5.73 Å². The lowest BCUT2D eigenvalue weighted by Crippen LogP contribution is -2.60. The fraction of sp³-hybridized carbons (Fsp3) is 1.00. The van der Waals surface area contributed by atoms with Crippen molar-refractivity contribution in [2.45, 2.75) is 56.5 Å². The zero-order valence-corrected chi connectivity index (χ0v) is 12.2. The maximum absolute atomic E-state index is 6.35. The Morgan fingerprint density at radius 1 is 1.00 bits per heavy atom. The van der Waals surface area contributed by atoms with Gasteiger partial charge in [-0.05, 0) is 63.3 Å². The third-order valence-corrected chi connectivity index (χ3v) is 6.15. The molecule has 2 unspecified atom stereocenters. The van der Waals surface area contributed by atoms with E-state index in [1.54, 1.807) is 0 Å². The van der Waals surface area contributed by atoms with Crippen molar-refractivity contribution in [3.05, 3.63) is 0 Å². The van der Waals surface area contributed by atoms with Crippen LogP contribution in [0.15, 0.2) is 0 Å². The van der Waals surface area contributed by atoms with Crippen molar-refractivity contribution in [2.24, 2.45) is 17.6 Å². The second kappa shape index (κ2) is 4.71. The molecule has 2 heterocycles. The van der Waals surface area contributed by atoms with Gasteiger partial charge in [-0.25, -0.2) is 0 Å². The standard InChI is InChI=1S/C16H29N3/c17-12-16(7-9-18-8-1-2-15(16)18)19(10-13-3-4-13)11-14-5-6-14/h13-15H,1-12,17H2. The Labute approximate surface area is 117 Å². The zero-order valence-electron chi connectivity index (χ0n) is 12.2. The fourth-order valence-corrected chi connectivity index (χ4v) is 4.60. The molecule has 0 aromatic rings. The average molecular weight is 263 g/mol. The number of nitrogens with zero attached hydrogens (tertiary/aromatic N) is 2. The first-order valence-corrected chi connectivity index (χ1v) is 8.51. The molecular weight excluding hydrogens is 234 g/mol. The molecule has 2 saturated heterocycles. The highest BCUT2D eigenvalue weighted by Crippen LogP contribution is 2.44. The minimum atomic E-state index is 0.335. The fourth-order valence-electron chi connectivity index (χ4n) is 4.60. The second-order valence-electron chi connectivity index (χ2n) is 7.54. The van der Waals surface area contributed by atoms with Crippen molar-refractivity contribution in [1.82, 2.24) is 9.80 Å². The van der Waals surface area contributed by atoms with Gasteiger partial charge in [-0.3, -0.25) is 9.80 Å². The Bertz CT molecular complexity index is 323. The molecule has 4 fully saturated rings. The molecule has 0 bridgehead atoms. The molecule has 2 aliphatic heterocycles. The third-order valence-electron chi connectivity index (χ3n) is 6.15. The maximum Gasteiger partial charge on any atom is 0.0499 e. The van der Waals surface area contributed by atoms with E-state index in [1.807, 2.05) is 0 Å². The number of rotatable bonds is 6. The van der Waals surface area contributed by atoms with Gasteiger partial charge in [0, 0.05) is 37.8 Å². The molecule has 4 rings (SSSR count). The Morgan fingerprint density at radius 3 is 2.26 bits per heavy atom. The topological polar surface area (TPSA) is 32.5 Å². The number of nitrogens with two attached hydrogens (primary N) is 1. The molecule has 4 aliphatic rings. The van der Waals surface area contributed by atoms with E-state index in [0.717, 1.165) is 24.4 Å². The van der Waals surface area contributed by atoms with Crippen LogP contribution in [0.2, 0.25) is 0 Å². The van der Waals surface area contributed by atoms with Crippen molar-refractivity contribution in [3.8, 4) is 0 Å². The molecule has 3 nitrogen and oxygen atoms in total. The van der Waals surface area contributed by atoms with Gasteiger partial charge in [0.15, 0.2) is 0 Å². The van der Waals surface area contributed by atoms with E-state index in [1.165, 1.54) is 71.1 Å². The summed E-state index contributed by atoms with van der Waals surface area (Å²) in [5, 5.41) is 0. The molecule has 2 atom stereocenters. The van der Waals surface area contributed by atoms with Crippen LogP contribution in [-0.4, -0.2) is 54.1 Å². The van der Waals surface area contributed by atoms with Crippen LogP contribution in [0, 0.1) is 11.8 Å². The van der Waals surface area contributed by atoms with Gasteiger partial charge in [0.2, 0.25) is 0 Å².